The molecule has 2 aromatic carbocycles. The number of carbonyl (C=O) groups is 1. The van der Waals surface area contributed by atoms with Crippen LogP contribution in [0.25, 0.3) is 5.69 Å². The summed E-state index contributed by atoms with van der Waals surface area (Å²) in [6, 6.07) is 11.3. The van der Waals surface area contributed by atoms with Gasteiger partial charge < -0.3 is 5.11 Å². The van der Waals surface area contributed by atoms with Gasteiger partial charge in [-0.1, -0.05) is 39.7 Å². The number of aryl methyl sites for hydroxylation is 1. The predicted octanol–water partition coefficient (Wildman–Crippen LogP) is 2.72. The molecule has 3 aromatic rings. The van der Waals surface area contributed by atoms with Gasteiger partial charge in [-0.15, -0.1) is 0 Å². The zero-order chi connectivity index (χ0) is 21.1. The zero-order valence-electron chi connectivity index (χ0n) is 14.9. The lowest BCUT2D eigenvalue weighted by Gasteiger charge is -2.11. The largest absolute Gasteiger partial charge is 0.493 e. The second-order valence-corrected chi connectivity index (χ2v) is 7.21. The maximum atomic E-state index is 12.2. The molecule has 0 saturated carbocycles. The SMILES string of the molecule is Cc1cc(-n2c(O)c(C=NNC(=O)c3ccccc3Cl)c(=O)[nH]c2=O)ccc1Br. The summed E-state index contributed by atoms with van der Waals surface area (Å²) < 4.78 is 1.75. The molecule has 1 aromatic heterocycles. The Morgan fingerprint density at radius 1 is 1.28 bits per heavy atom. The van der Waals surface area contributed by atoms with Crippen LogP contribution in [-0.2, 0) is 0 Å². The fraction of sp³-hybridized carbons (Fsp3) is 0.0526. The molecule has 0 fully saturated rings. The minimum absolute atomic E-state index is 0.194. The maximum absolute atomic E-state index is 12.2. The van der Waals surface area contributed by atoms with Crippen LogP contribution in [-0.4, -0.2) is 26.8 Å². The van der Waals surface area contributed by atoms with Gasteiger partial charge in [0, 0.05) is 4.47 Å². The van der Waals surface area contributed by atoms with Crippen molar-refractivity contribution in [1.82, 2.24) is 15.0 Å². The monoisotopic (exact) mass is 476 g/mol. The Labute approximate surface area is 177 Å². The van der Waals surface area contributed by atoms with Crippen molar-refractivity contribution >= 4 is 39.7 Å². The summed E-state index contributed by atoms with van der Waals surface area (Å²) in [5.74, 6) is -1.21. The Bertz CT molecular complexity index is 1250. The number of hydrogen-bond acceptors (Lipinski definition) is 5. The highest BCUT2D eigenvalue weighted by atomic mass is 79.9. The number of nitrogens with one attached hydrogen (secondary N) is 2. The highest BCUT2D eigenvalue weighted by Crippen LogP contribution is 2.21. The molecule has 10 heteroatoms. The lowest BCUT2D eigenvalue weighted by molar-refractivity contribution is 0.0955. The van der Waals surface area contributed by atoms with Crippen molar-refractivity contribution in [3.05, 3.63) is 89.5 Å². The van der Waals surface area contributed by atoms with Crippen molar-refractivity contribution in [2.45, 2.75) is 6.92 Å². The highest BCUT2D eigenvalue weighted by Gasteiger charge is 2.15. The first kappa shape index (κ1) is 20.6. The van der Waals surface area contributed by atoms with Crippen LogP contribution < -0.4 is 16.7 Å². The zero-order valence-corrected chi connectivity index (χ0v) is 17.3. The molecule has 0 atom stereocenters. The van der Waals surface area contributed by atoms with Crippen LogP contribution in [0.1, 0.15) is 21.5 Å². The number of aromatic nitrogens is 2. The Balaban J connectivity index is 1.96. The Morgan fingerprint density at radius 2 is 2.00 bits per heavy atom. The van der Waals surface area contributed by atoms with E-state index in [9.17, 15) is 19.5 Å². The van der Waals surface area contributed by atoms with Crippen LogP contribution in [0.3, 0.4) is 0 Å². The lowest BCUT2D eigenvalue weighted by atomic mass is 10.2. The number of nitrogens with zero attached hydrogens (tertiary/aromatic N) is 2. The number of carbonyl (C=O) groups excluding carboxylic acids is 1. The molecule has 8 nitrogen and oxygen atoms in total. The van der Waals surface area contributed by atoms with Crippen LogP contribution in [0.4, 0.5) is 0 Å². The van der Waals surface area contributed by atoms with Crippen LogP contribution >= 0.6 is 27.5 Å². The van der Waals surface area contributed by atoms with Crippen LogP contribution in [0, 0.1) is 6.92 Å². The van der Waals surface area contributed by atoms with Gasteiger partial charge in [-0.2, -0.15) is 5.10 Å². The van der Waals surface area contributed by atoms with Crippen LogP contribution in [0.15, 0.2) is 61.6 Å². The van der Waals surface area contributed by atoms with Crippen molar-refractivity contribution in [3.8, 4) is 11.6 Å². The number of aromatic amines is 1. The van der Waals surface area contributed by atoms with Crippen LogP contribution in [0.2, 0.25) is 5.02 Å². The summed E-state index contributed by atoms with van der Waals surface area (Å²) in [5, 5.41) is 14.4. The number of aromatic hydroxyl groups is 1. The van der Waals surface area contributed by atoms with E-state index in [1.165, 1.54) is 6.07 Å². The summed E-state index contributed by atoms with van der Waals surface area (Å²) in [7, 11) is 0. The van der Waals surface area contributed by atoms with Crippen molar-refractivity contribution in [2.24, 2.45) is 5.10 Å². The number of benzene rings is 2. The van der Waals surface area contributed by atoms with Crippen molar-refractivity contribution in [3.63, 3.8) is 0 Å². The fourth-order valence-electron chi connectivity index (χ4n) is 2.52. The minimum atomic E-state index is -0.853. The van der Waals surface area contributed by atoms with E-state index in [1.807, 2.05) is 6.92 Å². The van der Waals surface area contributed by atoms with Gasteiger partial charge in [0.25, 0.3) is 11.5 Å². The Kier molecular flexibility index (Phi) is 6.00. The number of hydrogen-bond donors (Lipinski definition) is 3. The van der Waals surface area contributed by atoms with Gasteiger partial charge in [0.1, 0.15) is 5.56 Å². The van der Waals surface area contributed by atoms with E-state index in [4.69, 9.17) is 11.6 Å². The maximum Gasteiger partial charge on any atom is 0.335 e. The van der Waals surface area contributed by atoms with Crippen LogP contribution in [0.5, 0.6) is 5.88 Å². The normalized spacial score (nSPS) is 11.0. The average molecular weight is 478 g/mol. The molecule has 1 heterocycles. The van der Waals surface area contributed by atoms with E-state index in [0.717, 1.165) is 20.8 Å². The topological polar surface area (TPSA) is 117 Å². The van der Waals surface area contributed by atoms with E-state index in [-0.39, 0.29) is 16.1 Å². The van der Waals surface area contributed by atoms with E-state index < -0.39 is 23.0 Å². The van der Waals surface area contributed by atoms with Gasteiger partial charge >= 0.3 is 5.69 Å². The molecule has 1 amide bonds. The van der Waals surface area contributed by atoms with Gasteiger partial charge in [-0.3, -0.25) is 14.6 Å². The summed E-state index contributed by atoms with van der Waals surface area (Å²) in [4.78, 5) is 38.6. The molecule has 0 aliphatic heterocycles. The molecule has 29 heavy (non-hydrogen) atoms. The Hall–Kier alpha value is -3.17. The van der Waals surface area contributed by atoms with E-state index in [0.29, 0.717) is 5.69 Å². The first-order valence-electron chi connectivity index (χ1n) is 8.22. The molecular formula is C19H14BrClN4O4. The molecule has 0 spiro atoms. The molecule has 148 valence electrons. The summed E-state index contributed by atoms with van der Waals surface area (Å²) in [6.07, 6.45) is 0.949. The second-order valence-electron chi connectivity index (χ2n) is 5.94. The molecule has 0 saturated heterocycles. The molecule has 0 bridgehead atoms. The Morgan fingerprint density at radius 3 is 2.69 bits per heavy atom. The van der Waals surface area contributed by atoms with E-state index in [2.05, 4.69) is 31.4 Å². The molecule has 0 unspecified atom stereocenters. The summed E-state index contributed by atoms with van der Waals surface area (Å²) >= 11 is 9.30. The third-order valence-corrected chi connectivity index (χ3v) is 5.22. The highest BCUT2D eigenvalue weighted by molar-refractivity contribution is 9.10. The first-order valence-corrected chi connectivity index (χ1v) is 9.39. The minimum Gasteiger partial charge on any atom is -0.493 e. The molecule has 3 N–H and O–H groups in total. The molecule has 0 aliphatic rings. The van der Waals surface area contributed by atoms with Gasteiger partial charge in [0.15, 0.2) is 0 Å². The third kappa shape index (κ3) is 4.30. The fourth-order valence-corrected chi connectivity index (χ4v) is 2.99. The molecule has 0 aliphatic carbocycles. The number of hydrazone groups is 1. The van der Waals surface area contributed by atoms with Crippen molar-refractivity contribution in [2.75, 3.05) is 0 Å². The van der Waals surface area contributed by atoms with E-state index >= 15 is 0 Å². The van der Waals surface area contributed by atoms with Gasteiger partial charge in [-0.05, 0) is 42.8 Å². The number of halogens is 2. The average Bonchev–Trinajstić information content (AvgIpc) is 2.67. The summed E-state index contributed by atoms with van der Waals surface area (Å²) in [6.45, 7) is 1.81. The van der Waals surface area contributed by atoms with Crippen molar-refractivity contribution < 1.29 is 9.90 Å². The smallest absolute Gasteiger partial charge is 0.335 e. The predicted molar refractivity (Wildman–Crippen MR) is 113 cm³/mol. The quantitative estimate of drug-likeness (QED) is 0.396. The number of rotatable bonds is 4. The van der Waals surface area contributed by atoms with E-state index in [1.54, 1.807) is 36.4 Å². The van der Waals surface area contributed by atoms with Crippen molar-refractivity contribution in [1.29, 1.82) is 0 Å². The second kappa shape index (κ2) is 8.46. The van der Waals surface area contributed by atoms with Gasteiger partial charge in [-0.25, -0.2) is 14.8 Å². The standard InChI is InChI=1S/C19H14BrClN4O4/c1-10-8-11(6-7-14(10)20)25-18(28)13(16(26)23-19(25)29)9-22-24-17(27)12-4-2-3-5-15(12)21/h2-9,28H,1H3,(H,24,27)(H,23,26,29). The van der Waals surface area contributed by atoms with Gasteiger partial charge in [0.2, 0.25) is 5.88 Å². The number of amides is 1. The van der Waals surface area contributed by atoms with Gasteiger partial charge in [0.05, 0.1) is 22.5 Å². The third-order valence-electron chi connectivity index (χ3n) is 4.00. The lowest BCUT2D eigenvalue weighted by Crippen LogP contribution is -2.31. The first-order chi connectivity index (χ1) is 13.8. The number of H-pyrrole nitrogens is 1. The summed E-state index contributed by atoms with van der Waals surface area (Å²) in [5.41, 5.74) is 1.62. The molecule has 0 radical (unpaired) electrons. The molecule has 3 rings (SSSR count). The molecular weight excluding hydrogens is 464 g/mol.